The fourth-order valence-corrected chi connectivity index (χ4v) is 1.95. The Morgan fingerprint density at radius 2 is 2.06 bits per heavy atom. The lowest BCUT2D eigenvalue weighted by Gasteiger charge is -2.05. The van der Waals surface area contributed by atoms with Crippen molar-refractivity contribution in [3.05, 3.63) is 42.2 Å². The Morgan fingerprint density at radius 1 is 1.24 bits per heavy atom. The molecule has 1 aromatic carbocycles. The summed E-state index contributed by atoms with van der Waals surface area (Å²) in [5.41, 5.74) is 9.17. The van der Waals surface area contributed by atoms with Crippen LogP contribution in [-0.2, 0) is 0 Å². The van der Waals surface area contributed by atoms with Gasteiger partial charge in [0, 0.05) is 16.6 Å². The summed E-state index contributed by atoms with van der Waals surface area (Å²) in [5.74, 6) is 0.603. The minimum atomic E-state index is 0.542. The van der Waals surface area contributed by atoms with Crippen LogP contribution in [0.4, 0.5) is 5.69 Å². The molecule has 0 fully saturated rings. The first-order valence-electron chi connectivity index (χ1n) is 5.32. The van der Waals surface area contributed by atoms with Gasteiger partial charge in [0.1, 0.15) is 5.69 Å². The number of fused-ring (bicyclic) bond motifs is 1. The lowest BCUT2D eigenvalue weighted by atomic mass is 10.1. The zero-order chi connectivity index (χ0) is 11.8. The van der Waals surface area contributed by atoms with E-state index in [1.807, 2.05) is 37.3 Å². The van der Waals surface area contributed by atoms with E-state index in [2.05, 4.69) is 10.1 Å². The highest BCUT2D eigenvalue weighted by Crippen LogP contribution is 2.31. The van der Waals surface area contributed by atoms with Crippen LogP contribution in [0.25, 0.3) is 22.2 Å². The Hall–Kier alpha value is -2.36. The van der Waals surface area contributed by atoms with Gasteiger partial charge in [0.25, 0.3) is 0 Å². The third kappa shape index (κ3) is 1.54. The van der Waals surface area contributed by atoms with Crippen molar-refractivity contribution in [2.45, 2.75) is 6.92 Å². The smallest absolute Gasteiger partial charge is 0.190 e. The number of pyridine rings is 1. The van der Waals surface area contributed by atoms with Crippen molar-refractivity contribution in [3.63, 3.8) is 0 Å². The van der Waals surface area contributed by atoms with Crippen molar-refractivity contribution in [1.29, 1.82) is 0 Å². The Bertz CT molecular complexity index is 688. The molecule has 0 aliphatic carbocycles. The summed E-state index contributed by atoms with van der Waals surface area (Å²) in [6, 6.07) is 9.86. The number of rotatable bonds is 1. The number of para-hydroxylation sites is 1. The van der Waals surface area contributed by atoms with Crippen LogP contribution in [-0.4, -0.2) is 10.1 Å². The number of aryl methyl sites for hydroxylation is 1. The minimum Gasteiger partial charge on any atom is -0.394 e. The fourth-order valence-electron chi connectivity index (χ4n) is 1.95. The van der Waals surface area contributed by atoms with Gasteiger partial charge < -0.3 is 10.3 Å². The highest BCUT2D eigenvalue weighted by atomic mass is 16.5. The number of hydrogen-bond donors (Lipinski definition) is 1. The van der Waals surface area contributed by atoms with Crippen molar-refractivity contribution in [3.8, 4) is 11.3 Å². The summed E-state index contributed by atoms with van der Waals surface area (Å²) < 4.78 is 5.21. The number of nitrogen functional groups attached to an aromatic ring is 1. The van der Waals surface area contributed by atoms with Gasteiger partial charge in [-0.1, -0.05) is 23.4 Å². The minimum absolute atomic E-state index is 0.542. The third-order valence-electron chi connectivity index (χ3n) is 2.69. The molecule has 0 aliphatic rings. The molecule has 17 heavy (non-hydrogen) atoms. The molecule has 0 aliphatic heterocycles. The van der Waals surface area contributed by atoms with E-state index in [1.54, 1.807) is 0 Å². The maximum absolute atomic E-state index is 5.84. The van der Waals surface area contributed by atoms with Crippen LogP contribution in [0, 0.1) is 6.92 Å². The van der Waals surface area contributed by atoms with Crippen LogP contribution in [0.15, 0.2) is 41.1 Å². The van der Waals surface area contributed by atoms with E-state index < -0.39 is 0 Å². The van der Waals surface area contributed by atoms with Crippen molar-refractivity contribution in [1.82, 2.24) is 10.1 Å². The number of nitrogens with zero attached hydrogens (tertiary/aromatic N) is 2. The summed E-state index contributed by atoms with van der Waals surface area (Å²) in [5, 5.41) is 4.73. The summed E-state index contributed by atoms with van der Waals surface area (Å²) in [7, 11) is 0. The molecular formula is C13H11N3O. The average molecular weight is 225 g/mol. The maximum Gasteiger partial charge on any atom is 0.190 e. The van der Waals surface area contributed by atoms with Crippen molar-refractivity contribution in [2.75, 3.05) is 5.73 Å². The zero-order valence-corrected chi connectivity index (χ0v) is 9.34. The number of hydrogen-bond acceptors (Lipinski definition) is 4. The number of anilines is 1. The second-order valence-electron chi connectivity index (χ2n) is 3.94. The molecule has 84 valence electrons. The molecule has 3 aromatic rings. The van der Waals surface area contributed by atoms with Crippen molar-refractivity contribution >= 4 is 16.6 Å². The Morgan fingerprint density at radius 3 is 2.82 bits per heavy atom. The normalized spacial score (nSPS) is 10.9. The first kappa shape index (κ1) is 9.84. The summed E-state index contributed by atoms with van der Waals surface area (Å²) in [4.78, 5) is 4.47. The monoisotopic (exact) mass is 225 g/mol. The van der Waals surface area contributed by atoms with E-state index in [4.69, 9.17) is 10.3 Å². The van der Waals surface area contributed by atoms with Crippen LogP contribution >= 0.6 is 0 Å². The molecule has 2 heterocycles. The fraction of sp³-hybridized carbons (Fsp3) is 0.0769. The quantitative estimate of drug-likeness (QED) is 0.691. The van der Waals surface area contributed by atoms with Gasteiger partial charge in [0.15, 0.2) is 5.76 Å². The lowest BCUT2D eigenvalue weighted by Crippen LogP contribution is -1.90. The molecule has 0 unspecified atom stereocenters. The Balaban J connectivity index is 2.39. The molecule has 0 saturated carbocycles. The van der Waals surface area contributed by atoms with Gasteiger partial charge in [0.2, 0.25) is 0 Å². The number of nitrogens with two attached hydrogens (primary N) is 1. The first-order valence-corrected chi connectivity index (χ1v) is 5.32. The van der Waals surface area contributed by atoms with Gasteiger partial charge in [-0.2, -0.15) is 0 Å². The van der Waals surface area contributed by atoms with Crippen molar-refractivity contribution in [2.24, 2.45) is 0 Å². The second kappa shape index (κ2) is 3.59. The molecule has 0 saturated heterocycles. The van der Waals surface area contributed by atoms with E-state index in [9.17, 15) is 0 Å². The summed E-state index contributed by atoms with van der Waals surface area (Å²) in [6.07, 6.45) is 1.51. The number of benzene rings is 1. The summed E-state index contributed by atoms with van der Waals surface area (Å²) in [6.45, 7) is 1.95. The zero-order valence-electron chi connectivity index (χ0n) is 9.34. The molecule has 4 nitrogen and oxygen atoms in total. The number of aromatic nitrogens is 2. The Kier molecular flexibility index (Phi) is 2.08. The molecule has 2 aromatic heterocycles. The summed E-state index contributed by atoms with van der Waals surface area (Å²) >= 11 is 0. The molecule has 3 rings (SSSR count). The van der Waals surface area contributed by atoms with Crippen molar-refractivity contribution < 1.29 is 4.52 Å². The highest BCUT2D eigenvalue weighted by Gasteiger charge is 2.12. The maximum atomic E-state index is 5.84. The SMILES string of the molecule is Cc1cc(-c2oncc2N)c2ccccc2n1. The predicted octanol–water partition coefficient (Wildman–Crippen LogP) is 2.78. The molecule has 0 bridgehead atoms. The molecular weight excluding hydrogens is 214 g/mol. The highest BCUT2D eigenvalue weighted by molar-refractivity contribution is 5.95. The van der Waals surface area contributed by atoms with E-state index in [-0.39, 0.29) is 0 Å². The third-order valence-corrected chi connectivity index (χ3v) is 2.69. The first-order chi connectivity index (χ1) is 8.25. The standard InChI is InChI=1S/C13H11N3O/c1-8-6-10(13-11(14)7-15-17-13)9-4-2-3-5-12(9)16-8/h2-7H,14H2,1H3. The lowest BCUT2D eigenvalue weighted by molar-refractivity contribution is 0.433. The molecule has 0 spiro atoms. The average Bonchev–Trinajstić information content (AvgIpc) is 2.74. The van der Waals surface area contributed by atoms with Gasteiger partial charge in [-0.15, -0.1) is 0 Å². The van der Waals surface area contributed by atoms with Gasteiger partial charge in [-0.25, -0.2) is 0 Å². The van der Waals surface area contributed by atoms with E-state index in [0.717, 1.165) is 22.2 Å². The molecule has 2 N–H and O–H groups in total. The van der Waals surface area contributed by atoms with Crippen LogP contribution in [0.1, 0.15) is 5.69 Å². The van der Waals surface area contributed by atoms with Crippen LogP contribution in [0.2, 0.25) is 0 Å². The van der Waals surface area contributed by atoms with Gasteiger partial charge in [-0.3, -0.25) is 4.98 Å². The predicted molar refractivity (Wildman–Crippen MR) is 66.4 cm³/mol. The molecule has 0 atom stereocenters. The van der Waals surface area contributed by atoms with Crippen LogP contribution < -0.4 is 5.73 Å². The molecule has 4 heteroatoms. The molecule has 0 amide bonds. The van der Waals surface area contributed by atoms with Crippen LogP contribution in [0.5, 0.6) is 0 Å². The largest absolute Gasteiger partial charge is 0.394 e. The van der Waals surface area contributed by atoms with E-state index in [0.29, 0.717) is 11.4 Å². The van der Waals surface area contributed by atoms with Gasteiger partial charge in [0.05, 0.1) is 11.7 Å². The van der Waals surface area contributed by atoms with Gasteiger partial charge in [-0.05, 0) is 19.1 Å². The Labute approximate surface area is 98.1 Å². The van der Waals surface area contributed by atoms with E-state index >= 15 is 0 Å². The topological polar surface area (TPSA) is 64.9 Å². The van der Waals surface area contributed by atoms with E-state index in [1.165, 1.54) is 6.20 Å². The van der Waals surface area contributed by atoms with Gasteiger partial charge >= 0.3 is 0 Å². The molecule has 0 radical (unpaired) electrons. The van der Waals surface area contributed by atoms with Crippen LogP contribution in [0.3, 0.4) is 0 Å². The second-order valence-corrected chi connectivity index (χ2v) is 3.94.